The number of benzene rings is 2. The highest BCUT2D eigenvalue weighted by atomic mass is 35.5. The van der Waals surface area contributed by atoms with Crippen molar-refractivity contribution < 1.29 is 32.6 Å². The van der Waals surface area contributed by atoms with E-state index < -0.39 is 23.6 Å². The van der Waals surface area contributed by atoms with Crippen LogP contribution in [-0.4, -0.2) is 35.1 Å². The molecule has 0 radical (unpaired) electrons. The Morgan fingerprint density at radius 2 is 1.88 bits per heavy atom. The highest BCUT2D eigenvalue weighted by molar-refractivity contribution is 6.33. The van der Waals surface area contributed by atoms with Crippen LogP contribution in [0.2, 0.25) is 5.02 Å². The van der Waals surface area contributed by atoms with Crippen LogP contribution in [0.5, 0.6) is 5.75 Å². The molecule has 1 amide bonds. The number of ether oxygens (including phenoxy) is 1. The number of hydrogen-bond donors (Lipinski definition) is 2. The van der Waals surface area contributed by atoms with Crippen LogP contribution in [0, 0.1) is 0 Å². The summed E-state index contributed by atoms with van der Waals surface area (Å²) < 4.78 is 44.0. The molecule has 2 heterocycles. The molecule has 0 saturated carbocycles. The Bertz CT molecular complexity index is 1230. The highest BCUT2D eigenvalue weighted by Gasteiger charge is 2.30. The van der Waals surface area contributed by atoms with E-state index in [2.05, 4.69) is 10.3 Å². The van der Waals surface area contributed by atoms with Gasteiger partial charge in [0, 0.05) is 11.9 Å². The van der Waals surface area contributed by atoms with Crippen LogP contribution in [0.4, 0.5) is 30.4 Å². The van der Waals surface area contributed by atoms with Gasteiger partial charge in [-0.1, -0.05) is 17.7 Å². The topological polar surface area (TPSA) is 91.8 Å². The van der Waals surface area contributed by atoms with Gasteiger partial charge >= 0.3 is 12.1 Å². The molecular formula is C22H15ClF3N3O4. The Morgan fingerprint density at radius 3 is 2.52 bits per heavy atom. The van der Waals surface area contributed by atoms with Crippen LogP contribution in [0.3, 0.4) is 0 Å². The minimum absolute atomic E-state index is 0.0677. The first-order chi connectivity index (χ1) is 15.6. The van der Waals surface area contributed by atoms with Crippen molar-refractivity contribution in [1.82, 2.24) is 4.98 Å². The molecule has 2 aromatic carbocycles. The second-order valence-electron chi connectivity index (χ2n) is 7.02. The summed E-state index contributed by atoms with van der Waals surface area (Å²) in [5.74, 6) is -1.20. The molecule has 0 spiro atoms. The molecule has 0 bridgehead atoms. The summed E-state index contributed by atoms with van der Waals surface area (Å²) in [5.41, 5.74) is -0.0572. The van der Waals surface area contributed by atoms with Gasteiger partial charge in [-0.3, -0.25) is 4.79 Å². The number of halogens is 4. The number of carboxylic acids is 1. The summed E-state index contributed by atoms with van der Waals surface area (Å²) in [6, 6.07) is 10.2. The highest BCUT2D eigenvalue weighted by Crippen LogP contribution is 2.41. The van der Waals surface area contributed by atoms with Crippen molar-refractivity contribution >= 4 is 40.7 Å². The van der Waals surface area contributed by atoms with Crippen LogP contribution < -0.4 is 15.0 Å². The normalized spacial score (nSPS) is 13.2. The van der Waals surface area contributed by atoms with E-state index in [4.69, 9.17) is 21.4 Å². The number of aromatic carboxylic acids is 1. The van der Waals surface area contributed by atoms with Crippen LogP contribution in [0.1, 0.15) is 26.3 Å². The van der Waals surface area contributed by atoms with Gasteiger partial charge in [0.15, 0.2) is 11.6 Å². The molecular weight excluding hydrogens is 463 g/mol. The number of nitrogens with one attached hydrogen (secondary N) is 1. The Morgan fingerprint density at radius 1 is 1.15 bits per heavy atom. The molecule has 4 rings (SSSR count). The minimum atomic E-state index is -4.48. The fourth-order valence-corrected chi connectivity index (χ4v) is 3.60. The average Bonchev–Trinajstić information content (AvgIpc) is 2.78. The van der Waals surface area contributed by atoms with Gasteiger partial charge in [0.2, 0.25) is 0 Å². The van der Waals surface area contributed by atoms with Gasteiger partial charge < -0.3 is 20.1 Å². The number of carbonyl (C=O) groups is 2. The third kappa shape index (κ3) is 4.56. The van der Waals surface area contributed by atoms with Crippen LogP contribution in [0.25, 0.3) is 0 Å². The average molecular weight is 478 g/mol. The van der Waals surface area contributed by atoms with Gasteiger partial charge in [0.05, 0.1) is 33.9 Å². The predicted molar refractivity (Wildman–Crippen MR) is 115 cm³/mol. The zero-order valence-corrected chi connectivity index (χ0v) is 17.4. The van der Waals surface area contributed by atoms with E-state index in [0.717, 1.165) is 24.3 Å². The van der Waals surface area contributed by atoms with Crippen molar-refractivity contribution in [3.05, 3.63) is 76.4 Å². The molecule has 2 N–H and O–H groups in total. The molecule has 170 valence electrons. The van der Waals surface area contributed by atoms with E-state index >= 15 is 0 Å². The third-order valence-corrected chi connectivity index (χ3v) is 5.16. The fourth-order valence-electron chi connectivity index (χ4n) is 3.33. The number of rotatable bonds is 4. The van der Waals surface area contributed by atoms with Gasteiger partial charge in [-0.05, 0) is 42.5 Å². The van der Waals surface area contributed by atoms with Gasteiger partial charge in [-0.25, -0.2) is 9.78 Å². The zero-order chi connectivity index (χ0) is 23.8. The molecule has 1 aliphatic heterocycles. The van der Waals surface area contributed by atoms with Gasteiger partial charge in [-0.15, -0.1) is 0 Å². The first-order valence-electron chi connectivity index (χ1n) is 9.56. The fraction of sp³-hybridized carbons (Fsp3) is 0.136. The third-order valence-electron chi connectivity index (χ3n) is 4.89. The molecule has 0 atom stereocenters. The summed E-state index contributed by atoms with van der Waals surface area (Å²) >= 11 is 6.26. The van der Waals surface area contributed by atoms with Crippen LogP contribution in [-0.2, 0) is 6.18 Å². The number of nitrogens with zero attached hydrogens (tertiary/aromatic N) is 2. The standard InChI is InChI=1S/C22H15ClF3N3O4/c23-16-10-12(21(31)32)11-27-19(16)29-8-9-33-18-15(2-1-3-17(18)29)20(30)28-14-6-4-13(5-7-14)22(24,25)26/h1-7,10-11H,8-9H2,(H,28,30)(H,31,32). The molecule has 0 fully saturated rings. The lowest BCUT2D eigenvalue weighted by atomic mass is 10.1. The summed E-state index contributed by atoms with van der Waals surface area (Å²) in [4.78, 5) is 29.9. The van der Waals surface area contributed by atoms with Crippen molar-refractivity contribution in [2.24, 2.45) is 0 Å². The molecule has 0 saturated heterocycles. The molecule has 3 aromatic rings. The predicted octanol–water partition coefficient (Wildman–Crippen LogP) is 5.23. The van der Waals surface area contributed by atoms with Crippen molar-refractivity contribution in [1.29, 1.82) is 0 Å². The number of carbonyl (C=O) groups excluding carboxylic acids is 1. The second-order valence-corrected chi connectivity index (χ2v) is 7.42. The maximum atomic E-state index is 12.9. The number of amides is 1. The number of hydrogen-bond acceptors (Lipinski definition) is 5. The lowest BCUT2D eigenvalue weighted by Crippen LogP contribution is -2.31. The van der Waals surface area contributed by atoms with Crippen molar-refractivity contribution in [2.75, 3.05) is 23.4 Å². The number of pyridine rings is 1. The number of alkyl halides is 3. The Balaban J connectivity index is 1.63. The van der Waals surface area contributed by atoms with Crippen LogP contribution >= 0.6 is 11.6 Å². The monoisotopic (exact) mass is 477 g/mol. The number of aromatic nitrogens is 1. The molecule has 1 aliphatic rings. The molecule has 7 nitrogen and oxygen atoms in total. The maximum absolute atomic E-state index is 12.9. The number of para-hydroxylation sites is 1. The van der Waals surface area contributed by atoms with E-state index in [1.807, 2.05) is 0 Å². The second kappa shape index (κ2) is 8.62. The lowest BCUT2D eigenvalue weighted by Gasteiger charge is -2.32. The Hall–Kier alpha value is -3.79. The van der Waals surface area contributed by atoms with Crippen molar-refractivity contribution in [2.45, 2.75) is 6.18 Å². The van der Waals surface area contributed by atoms with Gasteiger partial charge in [0.1, 0.15) is 6.61 Å². The molecule has 0 unspecified atom stereocenters. The van der Waals surface area contributed by atoms with Gasteiger partial charge in [0.25, 0.3) is 5.91 Å². The number of carboxylic acid groups (broad SMARTS) is 1. The molecule has 1 aromatic heterocycles. The number of anilines is 3. The lowest BCUT2D eigenvalue weighted by molar-refractivity contribution is -0.137. The first kappa shape index (κ1) is 22.4. The molecule has 33 heavy (non-hydrogen) atoms. The van der Waals surface area contributed by atoms with Crippen molar-refractivity contribution in [3.63, 3.8) is 0 Å². The summed E-state index contributed by atoms with van der Waals surface area (Å²) in [5, 5.41) is 11.8. The minimum Gasteiger partial charge on any atom is -0.489 e. The quantitative estimate of drug-likeness (QED) is 0.534. The number of fused-ring (bicyclic) bond motifs is 1. The Labute approximate surface area is 190 Å². The van der Waals surface area contributed by atoms with E-state index in [1.165, 1.54) is 18.3 Å². The summed E-state index contributed by atoms with van der Waals surface area (Å²) in [7, 11) is 0. The van der Waals surface area contributed by atoms with E-state index in [1.54, 1.807) is 17.0 Å². The molecule has 11 heteroatoms. The smallest absolute Gasteiger partial charge is 0.416 e. The Kier molecular flexibility index (Phi) is 5.86. The van der Waals surface area contributed by atoms with Crippen molar-refractivity contribution in [3.8, 4) is 5.75 Å². The molecule has 0 aliphatic carbocycles. The largest absolute Gasteiger partial charge is 0.489 e. The van der Waals surface area contributed by atoms with E-state index in [9.17, 15) is 22.8 Å². The van der Waals surface area contributed by atoms with E-state index in [-0.39, 0.29) is 34.2 Å². The SMILES string of the molecule is O=C(O)c1cnc(N2CCOc3c(C(=O)Nc4ccc(C(F)(F)F)cc4)cccc32)c(Cl)c1. The van der Waals surface area contributed by atoms with Crippen LogP contribution in [0.15, 0.2) is 54.7 Å². The van der Waals surface area contributed by atoms with Gasteiger partial charge in [-0.2, -0.15) is 13.2 Å². The summed E-state index contributed by atoms with van der Waals surface area (Å²) in [6.45, 7) is 0.534. The summed E-state index contributed by atoms with van der Waals surface area (Å²) in [6.07, 6.45) is -3.30. The first-order valence-corrected chi connectivity index (χ1v) is 9.94. The van der Waals surface area contributed by atoms with E-state index in [0.29, 0.717) is 18.1 Å². The maximum Gasteiger partial charge on any atom is 0.416 e. The zero-order valence-electron chi connectivity index (χ0n) is 16.7.